The Morgan fingerprint density at radius 3 is 2.23 bits per heavy atom. The minimum atomic E-state index is -3.98. The topological polar surface area (TPSA) is 92.8 Å². The number of hydrogen-bond donors (Lipinski definition) is 1. The molecule has 1 N–H and O–H groups in total. The van der Waals surface area contributed by atoms with Gasteiger partial charge in [0.1, 0.15) is 6.54 Å². The van der Waals surface area contributed by atoms with Gasteiger partial charge >= 0.3 is 5.97 Å². The van der Waals surface area contributed by atoms with E-state index in [0.29, 0.717) is 5.56 Å². The average Bonchev–Trinajstić information content (AvgIpc) is 2.65. The minimum Gasteiger partial charge on any atom is -0.468 e. The maximum absolute atomic E-state index is 12.8. The number of sulfonamides is 1. The van der Waals surface area contributed by atoms with Crippen LogP contribution < -0.4 is 5.32 Å². The minimum absolute atomic E-state index is 0.0287. The number of ether oxygens (including phenoxy) is 1. The van der Waals surface area contributed by atoms with E-state index in [1.54, 1.807) is 42.5 Å². The predicted molar refractivity (Wildman–Crippen MR) is 95.9 cm³/mol. The third-order valence-electron chi connectivity index (χ3n) is 3.64. The summed E-state index contributed by atoms with van der Waals surface area (Å²) in [7, 11) is -2.81. The molecule has 2 rings (SSSR count). The summed E-state index contributed by atoms with van der Waals surface area (Å²) < 4.78 is 31.1. The number of nitrogens with one attached hydrogen (secondary N) is 1. The number of esters is 1. The lowest BCUT2D eigenvalue weighted by atomic mass is 10.2. The molecule has 1 amide bonds. The largest absolute Gasteiger partial charge is 0.468 e. The molecule has 0 unspecified atom stereocenters. The van der Waals surface area contributed by atoms with E-state index in [4.69, 9.17) is 0 Å². The molecule has 138 valence electrons. The average molecular weight is 376 g/mol. The van der Waals surface area contributed by atoms with E-state index < -0.39 is 28.4 Å². The van der Waals surface area contributed by atoms with Gasteiger partial charge in [-0.1, -0.05) is 35.9 Å². The van der Waals surface area contributed by atoms with Crippen LogP contribution in [-0.2, 0) is 19.6 Å². The van der Waals surface area contributed by atoms with Crippen LogP contribution in [0.15, 0.2) is 59.5 Å². The molecule has 0 aliphatic heterocycles. The summed E-state index contributed by atoms with van der Waals surface area (Å²) in [6.07, 6.45) is 0. The first kappa shape index (κ1) is 19.6. The number of rotatable bonds is 7. The Morgan fingerprint density at radius 1 is 1.04 bits per heavy atom. The Kier molecular flexibility index (Phi) is 6.48. The van der Waals surface area contributed by atoms with E-state index in [0.717, 1.165) is 9.87 Å². The van der Waals surface area contributed by atoms with Crippen molar-refractivity contribution >= 4 is 21.9 Å². The summed E-state index contributed by atoms with van der Waals surface area (Å²) in [4.78, 5) is 23.8. The lowest BCUT2D eigenvalue weighted by Gasteiger charge is -2.21. The molecule has 0 radical (unpaired) electrons. The summed E-state index contributed by atoms with van der Waals surface area (Å²) >= 11 is 0. The maximum atomic E-state index is 12.8. The monoisotopic (exact) mass is 376 g/mol. The Hall–Kier alpha value is -2.71. The fourth-order valence-electron chi connectivity index (χ4n) is 2.15. The SMILES string of the molecule is COC(=O)CN(CNC(=O)c1ccccc1)S(=O)(=O)c1ccc(C)cc1. The number of amides is 1. The molecule has 8 heteroatoms. The summed E-state index contributed by atoms with van der Waals surface area (Å²) in [6.45, 7) is 0.962. The summed E-state index contributed by atoms with van der Waals surface area (Å²) in [5, 5.41) is 2.52. The van der Waals surface area contributed by atoms with Crippen molar-refractivity contribution in [3.8, 4) is 0 Å². The highest BCUT2D eigenvalue weighted by atomic mass is 32.2. The first-order valence-electron chi connectivity index (χ1n) is 7.81. The summed E-state index contributed by atoms with van der Waals surface area (Å²) in [6, 6.07) is 14.6. The molecule has 0 aromatic heterocycles. The van der Waals surface area contributed by atoms with Crippen LogP contribution in [0.2, 0.25) is 0 Å². The first-order chi connectivity index (χ1) is 12.3. The van der Waals surface area contributed by atoms with Crippen molar-refractivity contribution < 1.29 is 22.7 Å². The van der Waals surface area contributed by atoms with Gasteiger partial charge in [0.25, 0.3) is 5.91 Å². The summed E-state index contributed by atoms with van der Waals surface area (Å²) in [5.74, 6) is -1.17. The second-order valence-corrected chi connectivity index (χ2v) is 7.47. The molecule has 0 saturated carbocycles. The fraction of sp³-hybridized carbons (Fsp3) is 0.222. The molecule has 0 spiro atoms. The molecular weight excluding hydrogens is 356 g/mol. The standard InChI is InChI=1S/C18H20N2O5S/c1-14-8-10-16(11-9-14)26(23,24)20(12-17(21)25-2)13-19-18(22)15-6-4-3-5-7-15/h3-11H,12-13H2,1-2H3,(H,19,22). The number of methoxy groups -OCH3 is 1. The molecule has 0 aliphatic carbocycles. The van der Waals surface area contributed by atoms with E-state index >= 15 is 0 Å². The lowest BCUT2D eigenvalue weighted by Crippen LogP contribution is -2.44. The molecular formula is C18H20N2O5S. The molecule has 0 bridgehead atoms. The second-order valence-electron chi connectivity index (χ2n) is 5.53. The zero-order valence-corrected chi connectivity index (χ0v) is 15.3. The molecule has 0 aliphatic rings. The van der Waals surface area contributed by atoms with Gasteiger partial charge in [0.2, 0.25) is 10.0 Å². The van der Waals surface area contributed by atoms with Crippen molar-refractivity contribution in [1.82, 2.24) is 9.62 Å². The zero-order chi connectivity index (χ0) is 19.2. The van der Waals surface area contributed by atoms with Crippen LogP contribution in [0, 0.1) is 6.92 Å². The van der Waals surface area contributed by atoms with Crippen LogP contribution in [0.3, 0.4) is 0 Å². The van der Waals surface area contributed by atoms with Crippen LogP contribution in [-0.4, -0.2) is 44.9 Å². The van der Waals surface area contributed by atoms with Crippen LogP contribution >= 0.6 is 0 Å². The van der Waals surface area contributed by atoms with Crippen molar-refractivity contribution in [3.05, 3.63) is 65.7 Å². The molecule has 2 aromatic rings. The number of carbonyl (C=O) groups is 2. The molecule has 26 heavy (non-hydrogen) atoms. The second kappa shape index (κ2) is 8.59. The van der Waals surface area contributed by atoms with Crippen LogP contribution in [0.4, 0.5) is 0 Å². The first-order valence-corrected chi connectivity index (χ1v) is 9.25. The number of carbonyl (C=O) groups excluding carboxylic acids is 2. The smallest absolute Gasteiger partial charge is 0.321 e. The highest BCUT2D eigenvalue weighted by Gasteiger charge is 2.27. The number of nitrogens with zero attached hydrogens (tertiary/aromatic N) is 1. The van der Waals surface area contributed by atoms with Crippen LogP contribution in [0.1, 0.15) is 15.9 Å². The van der Waals surface area contributed by atoms with Crippen molar-refractivity contribution in [2.75, 3.05) is 20.3 Å². The normalized spacial score (nSPS) is 11.2. The number of benzene rings is 2. The molecule has 0 fully saturated rings. The fourth-order valence-corrected chi connectivity index (χ4v) is 3.43. The van der Waals surface area contributed by atoms with Gasteiger partial charge in [-0.15, -0.1) is 0 Å². The van der Waals surface area contributed by atoms with E-state index in [2.05, 4.69) is 10.1 Å². The van der Waals surface area contributed by atoms with Crippen molar-refractivity contribution in [1.29, 1.82) is 0 Å². The van der Waals surface area contributed by atoms with Gasteiger partial charge in [-0.05, 0) is 31.2 Å². The third kappa shape index (κ3) is 4.90. The Morgan fingerprint density at radius 2 is 1.65 bits per heavy atom. The van der Waals surface area contributed by atoms with Gasteiger partial charge in [0, 0.05) is 5.56 Å². The van der Waals surface area contributed by atoms with Crippen molar-refractivity contribution in [3.63, 3.8) is 0 Å². The highest BCUT2D eigenvalue weighted by molar-refractivity contribution is 7.89. The van der Waals surface area contributed by atoms with Gasteiger partial charge in [-0.3, -0.25) is 9.59 Å². The van der Waals surface area contributed by atoms with Gasteiger partial charge < -0.3 is 10.1 Å². The molecule has 0 heterocycles. The van der Waals surface area contributed by atoms with Crippen molar-refractivity contribution in [2.24, 2.45) is 0 Å². The Bertz CT molecular complexity index is 864. The van der Waals surface area contributed by atoms with E-state index in [-0.39, 0.29) is 11.6 Å². The molecule has 2 aromatic carbocycles. The third-order valence-corrected chi connectivity index (χ3v) is 5.45. The van der Waals surface area contributed by atoms with E-state index in [9.17, 15) is 18.0 Å². The zero-order valence-electron chi connectivity index (χ0n) is 14.5. The van der Waals surface area contributed by atoms with E-state index in [1.807, 2.05) is 6.92 Å². The Labute approximate surface area is 152 Å². The quantitative estimate of drug-likeness (QED) is 0.585. The van der Waals surface area contributed by atoms with Gasteiger partial charge in [-0.2, -0.15) is 4.31 Å². The summed E-state index contributed by atoms with van der Waals surface area (Å²) in [5.41, 5.74) is 1.29. The van der Waals surface area contributed by atoms with Crippen LogP contribution in [0.5, 0.6) is 0 Å². The number of hydrogen-bond acceptors (Lipinski definition) is 5. The highest BCUT2D eigenvalue weighted by Crippen LogP contribution is 2.16. The van der Waals surface area contributed by atoms with Crippen LogP contribution in [0.25, 0.3) is 0 Å². The Balaban J connectivity index is 2.21. The molecule has 7 nitrogen and oxygen atoms in total. The van der Waals surface area contributed by atoms with E-state index in [1.165, 1.54) is 19.2 Å². The maximum Gasteiger partial charge on any atom is 0.321 e. The van der Waals surface area contributed by atoms with Gasteiger partial charge in [-0.25, -0.2) is 8.42 Å². The lowest BCUT2D eigenvalue weighted by molar-refractivity contribution is -0.140. The predicted octanol–water partition coefficient (Wildman–Crippen LogP) is 1.55. The van der Waals surface area contributed by atoms with Crippen molar-refractivity contribution in [2.45, 2.75) is 11.8 Å². The molecule has 0 saturated heterocycles. The number of aryl methyl sites for hydroxylation is 1. The van der Waals surface area contributed by atoms with Gasteiger partial charge in [0.05, 0.1) is 18.7 Å². The molecule has 0 atom stereocenters. The van der Waals surface area contributed by atoms with Gasteiger partial charge in [0.15, 0.2) is 0 Å².